The molecular formula is C13H16F2N4. The smallest absolute Gasteiger partial charge is 0.176 e. The first-order chi connectivity index (χ1) is 9.17. The molecule has 2 heterocycles. The molecule has 0 aliphatic heterocycles. The third-order valence-corrected chi connectivity index (χ3v) is 2.72. The van der Waals surface area contributed by atoms with Crippen LogP contribution in [0.4, 0.5) is 14.6 Å². The van der Waals surface area contributed by atoms with E-state index < -0.39 is 11.6 Å². The SMILES string of the molecule is CCCNc1nc(-n2ccnc2CC)c(F)cc1F. The Balaban J connectivity index is 2.45. The number of nitrogens with zero attached hydrogens (tertiary/aromatic N) is 3. The second-order valence-corrected chi connectivity index (χ2v) is 4.12. The highest BCUT2D eigenvalue weighted by Crippen LogP contribution is 2.19. The van der Waals surface area contributed by atoms with Crippen molar-refractivity contribution in [1.29, 1.82) is 0 Å². The Morgan fingerprint density at radius 2 is 2.05 bits per heavy atom. The second-order valence-electron chi connectivity index (χ2n) is 4.12. The highest BCUT2D eigenvalue weighted by molar-refractivity contribution is 5.42. The van der Waals surface area contributed by atoms with Crippen LogP contribution in [0.25, 0.3) is 5.82 Å². The molecule has 0 bridgehead atoms. The summed E-state index contributed by atoms with van der Waals surface area (Å²) in [7, 11) is 0. The number of hydrogen-bond donors (Lipinski definition) is 1. The van der Waals surface area contributed by atoms with Gasteiger partial charge >= 0.3 is 0 Å². The molecule has 0 aliphatic rings. The van der Waals surface area contributed by atoms with Crippen molar-refractivity contribution in [3.63, 3.8) is 0 Å². The van der Waals surface area contributed by atoms with Crippen LogP contribution in [0.2, 0.25) is 0 Å². The summed E-state index contributed by atoms with van der Waals surface area (Å²) in [5.41, 5.74) is 0. The summed E-state index contributed by atoms with van der Waals surface area (Å²) in [6.07, 6.45) is 4.66. The molecule has 4 nitrogen and oxygen atoms in total. The lowest BCUT2D eigenvalue weighted by molar-refractivity contribution is 0.566. The molecule has 0 radical (unpaired) electrons. The molecule has 2 aromatic rings. The highest BCUT2D eigenvalue weighted by atomic mass is 19.1. The Hall–Kier alpha value is -1.98. The van der Waals surface area contributed by atoms with Crippen molar-refractivity contribution in [3.05, 3.63) is 35.9 Å². The predicted octanol–water partition coefficient (Wildman–Crippen LogP) is 2.93. The second kappa shape index (κ2) is 5.77. The minimum atomic E-state index is -0.702. The van der Waals surface area contributed by atoms with Crippen LogP contribution >= 0.6 is 0 Å². The van der Waals surface area contributed by atoms with Gasteiger partial charge in [0.05, 0.1) is 0 Å². The molecule has 2 rings (SSSR count). The van der Waals surface area contributed by atoms with E-state index in [4.69, 9.17) is 0 Å². The molecule has 19 heavy (non-hydrogen) atoms. The Morgan fingerprint density at radius 3 is 2.74 bits per heavy atom. The zero-order valence-electron chi connectivity index (χ0n) is 11.0. The molecule has 0 saturated heterocycles. The number of aryl methyl sites for hydroxylation is 1. The molecule has 1 N–H and O–H groups in total. The van der Waals surface area contributed by atoms with Crippen molar-refractivity contribution < 1.29 is 8.78 Å². The summed E-state index contributed by atoms with van der Waals surface area (Å²) >= 11 is 0. The van der Waals surface area contributed by atoms with Gasteiger partial charge in [0.25, 0.3) is 0 Å². The van der Waals surface area contributed by atoms with E-state index >= 15 is 0 Å². The molecule has 0 aromatic carbocycles. The van der Waals surface area contributed by atoms with Crippen LogP contribution in [0.15, 0.2) is 18.5 Å². The topological polar surface area (TPSA) is 42.7 Å². The average Bonchev–Trinajstić information content (AvgIpc) is 2.86. The Labute approximate surface area is 110 Å². The lowest BCUT2D eigenvalue weighted by Crippen LogP contribution is -2.10. The zero-order valence-corrected chi connectivity index (χ0v) is 11.0. The molecule has 102 valence electrons. The zero-order chi connectivity index (χ0) is 13.8. The summed E-state index contributed by atoms with van der Waals surface area (Å²) in [5.74, 6) is -0.581. The Kier molecular flexibility index (Phi) is 4.09. The molecule has 0 atom stereocenters. The van der Waals surface area contributed by atoms with Crippen LogP contribution in [-0.2, 0) is 6.42 Å². The van der Waals surface area contributed by atoms with Gasteiger partial charge < -0.3 is 5.32 Å². The van der Waals surface area contributed by atoms with E-state index in [0.717, 1.165) is 12.5 Å². The molecule has 0 spiro atoms. The van der Waals surface area contributed by atoms with Gasteiger partial charge in [0.1, 0.15) is 5.82 Å². The number of imidazole rings is 1. The maximum Gasteiger partial charge on any atom is 0.176 e. The number of anilines is 1. The fourth-order valence-corrected chi connectivity index (χ4v) is 1.78. The fraction of sp³-hybridized carbons (Fsp3) is 0.385. The van der Waals surface area contributed by atoms with Crippen LogP contribution in [0.1, 0.15) is 26.1 Å². The van der Waals surface area contributed by atoms with Gasteiger partial charge in [0, 0.05) is 31.4 Å². The van der Waals surface area contributed by atoms with E-state index in [0.29, 0.717) is 18.8 Å². The third-order valence-electron chi connectivity index (χ3n) is 2.72. The molecule has 0 fully saturated rings. The minimum absolute atomic E-state index is 0.0639. The van der Waals surface area contributed by atoms with Crippen molar-refractivity contribution in [2.75, 3.05) is 11.9 Å². The van der Waals surface area contributed by atoms with E-state index in [1.54, 1.807) is 12.4 Å². The standard InChI is InChI=1S/C13H16F2N4/c1-3-5-17-12-9(14)8-10(15)13(18-12)19-7-6-16-11(19)4-2/h6-8H,3-5H2,1-2H3,(H,17,18). The number of aromatic nitrogens is 3. The molecule has 0 amide bonds. The van der Waals surface area contributed by atoms with Gasteiger partial charge in [-0.15, -0.1) is 0 Å². The van der Waals surface area contributed by atoms with Crippen molar-refractivity contribution in [3.8, 4) is 5.82 Å². The van der Waals surface area contributed by atoms with Gasteiger partial charge in [-0.05, 0) is 6.42 Å². The van der Waals surface area contributed by atoms with Crippen molar-refractivity contribution in [1.82, 2.24) is 14.5 Å². The predicted molar refractivity (Wildman–Crippen MR) is 69.4 cm³/mol. The van der Waals surface area contributed by atoms with E-state index in [9.17, 15) is 8.78 Å². The van der Waals surface area contributed by atoms with Gasteiger partial charge in [-0.3, -0.25) is 4.57 Å². The number of nitrogens with one attached hydrogen (secondary N) is 1. The average molecular weight is 266 g/mol. The maximum atomic E-state index is 13.9. The Bertz CT molecular complexity index is 566. The van der Waals surface area contributed by atoms with Crippen LogP contribution in [-0.4, -0.2) is 21.1 Å². The lowest BCUT2D eigenvalue weighted by atomic mass is 10.3. The first kappa shape index (κ1) is 13.5. The van der Waals surface area contributed by atoms with Crippen LogP contribution in [0, 0.1) is 11.6 Å². The van der Waals surface area contributed by atoms with Crippen LogP contribution < -0.4 is 5.32 Å². The summed E-state index contributed by atoms with van der Waals surface area (Å²) in [4.78, 5) is 8.13. The number of hydrogen-bond acceptors (Lipinski definition) is 3. The van der Waals surface area contributed by atoms with Gasteiger partial charge in [0.2, 0.25) is 0 Å². The number of halogens is 2. The van der Waals surface area contributed by atoms with Crippen molar-refractivity contribution >= 4 is 5.82 Å². The van der Waals surface area contributed by atoms with Gasteiger partial charge in [-0.25, -0.2) is 18.7 Å². The molecule has 0 saturated carbocycles. The number of rotatable bonds is 5. The summed E-state index contributed by atoms with van der Waals surface area (Å²) in [5, 5.41) is 2.84. The summed E-state index contributed by atoms with van der Waals surface area (Å²) < 4.78 is 29.0. The molecule has 6 heteroatoms. The quantitative estimate of drug-likeness (QED) is 0.904. The van der Waals surface area contributed by atoms with Gasteiger partial charge in [0.15, 0.2) is 23.3 Å². The molecule has 2 aromatic heterocycles. The van der Waals surface area contributed by atoms with Crippen LogP contribution in [0.5, 0.6) is 0 Å². The van der Waals surface area contributed by atoms with E-state index in [-0.39, 0.29) is 11.6 Å². The minimum Gasteiger partial charge on any atom is -0.368 e. The van der Waals surface area contributed by atoms with Crippen LogP contribution in [0.3, 0.4) is 0 Å². The largest absolute Gasteiger partial charge is 0.368 e. The summed E-state index contributed by atoms with van der Waals surface area (Å²) in [6, 6.07) is 0.847. The monoisotopic (exact) mass is 266 g/mol. The summed E-state index contributed by atoms with van der Waals surface area (Å²) in [6.45, 7) is 4.45. The molecular weight excluding hydrogens is 250 g/mol. The van der Waals surface area contributed by atoms with Gasteiger partial charge in [-0.1, -0.05) is 13.8 Å². The highest BCUT2D eigenvalue weighted by Gasteiger charge is 2.15. The van der Waals surface area contributed by atoms with E-state index in [1.807, 2.05) is 13.8 Å². The van der Waals surface area contributed by atoms with Crippen molar-refractivity contribution in [2.45, 2.75) is 26.7 Å². The molecule has 0 aliphatic carbocycles. The number of pyridine rings is 1. The molecule has 0 unspecified atom stereocenters. The first-order valence-electron chi connectivity index (χ1n) is 6.29. The normalized spacial score (nSPS) is 10.7. The Morgan fingerprint density at radius 1 is 1.26 bits per heavy atom. The fourth-order valence-electron chi connectivity index (χ4n) is 1.78. The van der Waals surface area contributed by atoms with E-state index in [2.05, 4.69) is 15.3 Å². The third kappa shape index (κ3) is 2.72. The van der Waals surface area contributed by atoms with E-state index in [1.165, 1.54) is 4.57 Å². The van der Waals surface area contributed by atoms with Crippen molar-refractivity contribution in [2.24, 2.45) is 0 Å². The maximum absolute atomic E-state index is 13.9. The van der Waals surface area contributed by atoms with Gasteiger partial charge in [-0.2, -0.15) is 0 Å². The lowest BCUT2D eigenvalue weighted by Gasteiger charge is -2.11. The first-order valence-corrected chi connectivity index (χ1v) is 6.29.